The topological polar surface area (TPSA) is 50.1 Å². The van der Waals surface area contributed by atoms with Gasteiger partial charge in [-0.15, -0.1) is 0 Å². The molecule has 0 aliphatic carbocycles. The van der Waals surface area contributed by atoms with E-state index in [2.05, 4.69) is 0 Å². The van der Waals surface area contributed by atoms with Crippen LogP contribution in [0.1, 0.15) is 21.5 Å². The molecule has 2 rings (SSSR count). The van der Waals surface area contributed by atoms with Crippen LogP contribution in [-0.2, 0) is 6.61 Å². The number of aldehydes is 1. The van der Waals surface area contributed by atoms with Crippen molar-refractivity contribution in [3.8, 4) is 11.8 Å². The molecule has 2 aromatic carbocycles. The zero-order valence-electron chi connectivity index (χ0n) is 10.3. The predicted octanol–water partition coefficient (Wildman–Crippen LogP) is 3.23. The third kappa shape index (κ3) is 2.81. The smallest absolute Gasteiger partial charge is 0.165 e. The van der Waals surface area contributed by atoms with E-state index in [4.69, 9.17) is 10.00 Å². The van der Waals surface area contributed by atoms with E-state index in [0.29, 0.717) is 6.29 Å². The first-order chi connectivity index (χ1) is 9.65. The number of ether oxygens (including phenoxy) is 1. The van der Waals surface area contributed by atoms with Gasteiger partial charge in [0.2, 0.25) is 0 Å². The van der Waals surface area contributed by atoms with Crippen LogP contribution in [0.4, 0.5) is 8.78 Å². The van der Waals surface area contributed by atoms with Crippen molar-refractivity contribution in [1.29, 1.82) is 5.26 Å². The van der Waals surface area contributed by atoms with Gasteiger partial charge in [-0.25, -0.2) is 8.78 Å². The van der Waals surface area contributed by atoms with Gasteiger partial charge in [0.1, 0.15) is 12.4 Å². The standard InChI is InChI=1S/C15H9F2NO2/c16-13-3-1-2-11(8-19)15(13)20-9-12-5-4-10(7-18)6-14(12)17/h1-6,8H,9H2. The zero-order chi connectivity index (χ0) is 14.5. The molecule has 0 fully saturated rings. The normalized spacial score (nSPS) is 9.85. The number of carbonyl (C=O) groups excluding carboxylic acids is 1. The van der Waals surface area contributed by atoms with Gasteiger partial charge in [-0.1, -0.05) is 12.1 Å². The van der Waals surface area contributed by atoms with Gasteiger partial charge in [-0.05, 0) is 24.3 Å². The molecule has 5 heteroatoms. The number of nitriles is 1. The fourth-order valence-electron chi connectivity index (χ4n) is 1.65. The molecule has 0 saturated heterocycles. The average Bonchev–Trinajstić information content (AvgIpc) is 2.46. The Hall–Kier alpha value is -2.74. The molecular formula is C15H9F2NO2. The quantitative estimate of drug-likeness (QED) is 0.803. The Morgan fingerprint density at radius 2 is 2.00 bits per heavy atom. The first kappa shape index (κ1) is 13.7. The van der Waals surface area contributed by atoms with Crippen molar-refractivity contribution in [2.75, 3.05) is 0 Å². The second kappa shape index (κ2) is 5.93. The predicted molar refractivity (Wildman–Crippen MR) is 67.2 cm³/mol. The molecule has 0 spiro atoms. The van der Waals surface area contributed by atoms with Gasteiger partial charge >= 0.3 is 0 Å². The summed E-state index contributed by atoms with van der Waals surface area (Å²) in [6.45, 7) is -0.237. The maximum Gasteiger partial charge on any atom is 0.165 e. The van der Waals surface area contributed by atoms with Crippen LogP contribution < -0.4 is 4.74 Å². The van der Waals surface area contributed by atoms with Crippen LogP contribution in [0.25, 0.3) is 0 Å². The minimum atomic E-state index is -0.691. The van der Waals surface area contributed by atoms with Gasteiger partial charge in [-0.3, -0.25) is 4.79 Å². The fraction of sp³-hybridized carbons (Fsp3) is 0.0667. The number of rotatable bonds is 4. The van der Waals surface area contributed by atoms with Crippen molar-refractivity contribution in [2.45, 2.75) is 6.61 Å². The Balaban J connectivity index is 2.21. The van der Waals surface area contributed by atoms with Crippen LogP contribution in [0.3, 0.4) is 0 Å². The van der Waals surface area contributed by atoms with Gasteiger partial charge in [0.15, 0.2) is 17.9 Å². The fourth-order valence-corrected chi connectivity index (χ4v) is 1.65. The molecule has 100 valence electrons. The molecule has 0 aliphatic rings. The highest BCUT2D eigenvalue weighted by atomic mass is 19.1. The van der Waals surface area contributed by atoms with E-state index in [1.165, 1.54) is 24.3 Å². The monoisotopic (exact) mass is 273 g/mol. The summed E-state index contributed by atoms with van der Waals surface area (Å²) < 4.78 is 32.3. The Morgan fingerprint density at radius 3 is 2.65 bits per heavy atom. The second-order valence-corrected chi connectivity index (χ2v) is 3.98. The minimum absolute atomic E-state index is 0.0547. The summed E-state index contributed by atoms with van der Waals surface area (Å²) in [5.41, 5.74) is 0.411. The molecule has 0 aromatic heterocycles. The van der Waals surface area contributed by atoms with Crippen LogP contribution in [0.15, 0.2) is 36.4 Å². The number of para-hydroxylation sites is 1. The van der Waals surface area contributed by atoms with Crippen molar-refractivity contribution >= 4 is 6.29 Å². The van der Waals surface area contributed by atoms with E-state index in [9.17, 15) is 13.6 Å². The van der Waals surface area contributed by atoms with E-state index in [0.717, 1.165) is 12.1 Å². The van der Waals surface area contributed by atoms with Crippen LogP contribution in [0.2, 0.25) is 0 Å². The maximum atomic E-state index is 13.6. The highest BCUT2D eigenvalue weighted by Gasteiger charge is 2.11. The lowest BCUT2D eigenvalue weighted by Crippen LogP contribution is -2.02. The lowest BCUT2D eigenvalue weighted by atomic mass is 10.1. The van der Waals surface area contributed by atoms with Crippen molar-refractivity contribution < 1.29 is 18.3 Å². The van der Waals surface area contributed by atoms with E-state index >= 15 is 0 Å². The Kier molecular flexibility index (Phi) is 4.06. The average molecular weight is 273 g/mol. The van der Waals surface area contributed by atoms with Crippen LogP contribution in [-0.4, -0.2) is 6.29 Å². The summed E-state index contributed by atoms with van der Waals surface area (Å²) >= 11 is 0. The number of carbonyl (C=O) groups is 1. The van der Waals surface area contributed by atoms with E-state index in [1.807, 2.05) is 6.07 Å². The Labute approximate surface area is 114 Å². The summed E-state index contributed by atoms with van der Waals surface area (Å²) in [6, 6.07) is 9.63. The lowest BCUT2D eigenvalue weighted by Gasteiger charge is -2.10. The van der Waals surface area contributed by atoms with Gasteiger partial charge in [-0.2, -0.15) is 5.26 Å². The molecule has 0 unspecified atom stereocenters. The molecule has 3 nitrogen and oxygen atoms in total. The van der Waals surface area contributed by atoms with Crippen molar-refractivity contribution in [3.05, 3.63) is 64.7 Å². The number of halogens is 2. The second-order valence-electron chi connectivity index (χ2n) is 3.98. The molecule has 0 amide bonds. The number of nitrogens with zero attached hydrogens (tertiary/aromatic N) is 1. The summed E-state index contributed by atoms with van der Waals surface area (Å²) in [4.78, 5) is 10.8. The number of hydrogen-bond acceptors (Lipinski definition) is 3. The highest BCUT2D eigenvalue weighted by Crippen LogP contribution is 2.23. The van der Waals surface area contributed by atoms with Gasteiger partial charge < -0.3 is 4.74 Å². The van der Waals surface area contributed by atoms with Crippen LogP contribution >= 0.6 is 0 Å². The van der Waals surface area contributed by atoms with Crippen molar-refractivity contribution in [1.82, 2.24) is 0 Å². The molecule has 20 heavy (non-hydrogen) atoms. The summed E-state index contributed by atoms with van der Waals surface area (Å²) in [5.74, 6) is -1.53. The van der Waals surface area contributed by atoms with Crippen molar-refractivity contribution in [2.24, 2.45) is 0 Å². The SMILES string of the molecule is N#Cc1ccc(COc2c(F)cccc2C=O)c(F)c1. The third-order valence-corrected chi connectivity index (χ3v) is 2.68. The summed E-state index contributed by atoms with van der Waals surface area (Å²) in [6.07, 6.45) is 0.466. The number of benzene rings is 2. The van der Waals surface area contributed by atoms with E-state index < -0.39 is 11.6 Å². The van der Waals surface area contributed by atoms with Gasteiger partial charge in [0, 0.05) is 5.56 Å². The molecule has 0 heterocycles. The third-order valence-electron chi connectivity index (χ3n) is 2.68. The molecule has 0 atom stereocenters. The molecular weight excluding hydrogens is 264 g/mol. The maximum absolute atomic E-state index is 13.6. The number of hydrogen-bond donors (Lipinski definition) is 0. The Bertz CT molecular complexity index is 693. The van der Waals surface area contributed by atoms with Gasteiger partial charge in [0.05, 0.1) is 17.2 Å². The minimum Gasteiger partial charge on any atom is -0.485 e. The summed E-state index contributed by atoms with van der Waals surface area (Å²) in [7, 11) is 0. The molecule has 0 bridgehead atoms. The molecule has 0 aliphatic heterocycles. The molecule has 0 saturated carbocycles. The van der Waals surface area contributed by atoms with Gasteiger partial charge in [0.25, 0.3) is 0 Å². The highest BCUT2D eigenvalue weighted by molar-refractivity contribution is 5.79. The van der Waals surface area contributed by atoms with E-state index in [-0.39, 0.29) is 29.0 Å². The Morgan fingerprint density at radius 1 is 1.20 bits per heavy atom. The first-order valence-electron chi connectivity index (χ1n) is 5.70. The van der Waals surface area contributed by atoms with Crippen molar-refractivity contribution in [3.63, 3.8) is 0 Å². The van der Waals surface area contributed by atoms with E-state index in [1.54, 1.807) is 0 Å². The molecule has 0 radical (unpaired) electrons. The zero-order valence-corrected chi connectivity index (χ0v) is 10.3. The first-order valence-corrected chi connectivity index (χ1v) is 5.70. The largest absolute Gasteiger partial charge is 0.485 e. The molecule has 0 N–H and O–H groups in total. The molecule has 2 aromatic rings. The lowest BCUT2D eigenvalue weighted by molar-refractivity contribution is 0.111. The van der Waals surface area contributed by atoms with Crippen LogP contribution in [0, 0.1) is 23.0 Å². The van der Waals surface area contributed by atoms with Crippen LogP contribution in [0.5, 0.6) is 5.75 Å². The summed E-state index contributed by atoms with van der Waals surface area (Å²) in [5, 5.41) is 8.63.